The van der Waals surface area contributed by atoms with Crippen LogP contribution in [0.15, 0.2) is 18.2 Å². The lowest BCUT2D eigenvalue weighted by Crippen LogP contribution is -2.11. The van der Waals surface area contributed by atoms with Crippen LogP contribution in [0.4, 0.5) is 0 Å². The largest absolute Gasteiger partial charge is 0.497 e. The van der Waals surface area contributed by atoms with E-state index in [9.17, 15) is 0 Å². The van der Waals surface area contributed by atoms with E-state index in [1.54, 1.807) is 7.11 Å². The molecule has 0 spiro atoms. The lowest BCUT2D eigenvalue weighted by molar-refractivity contribution is 0.00924. The fourth-order valence-corrected chi connectivity index (χ4v) is 1.75. The van der Waals surface area contributed by atoms with E-state index in [1.165, 1.54) is 12.8 Å². The normalized spacial score (nSPS) is 16.4. The summed E-state index contributed by atoms with van der Waals surface area (Å²) in [6.07, 6.45) is 2.56. The summed E-state index contributed by atoms with van der Waals surface area (Å²) >= 11 is 0. The van der Waals surface area contributed by atoms with E-state index < -0.39 is 0 Å². The number of methoxy groups -OCH3 is 1. The van der Waals surface area contributed by atoms with Gasteiger partial charge < -0.3 is 19.9 Å². The van der Waals surface area contributed by atoms with Gasteiger partial charge in [0.25, 0.3) is 0 Å². The van der Waals surface area contributed by atoms with Gasteiger partial charge in [-0.2, -0.15) is 0 Å². The van der Waals surface area contributed by atoms with Crippen LogP contribution in [0.1, 0.15) is 31.4 Å². The Kier molecular flexibility index (Phi) is 4.44. The second-order valence-electron chi connectivity index (χ2n) is 4.77. The highest BCUT2D eigenvalue weighted by Gasteiger charge is 2.21. The van der Waals surface area contributed by atoms with Gasteiger partial charge in [0.15, 0.2) is 6.79 Å². The van der Waals surface area contributed by atoms with Gasteiger partial charge in [-0.15, -0.1) is 0 Å². The molecule has 1 fully saturated rings. The molecular formula is C14H21NO3. The third kappa shape index (κ3) is 3.62. The summed E-state index contributed by atoms with van der Waals surface area (Å²) in [5, 5.41) is 0. The molecule has 1 aromatic rings. The van der Waals surface area contributed by atoms with E-state index in [-0.39, 0.29) is 12.8 Å². The molecule has 0 saturated heterocycles. The van der Waals surface area contributed by atoms with Gasteiger partial charge in [0.2, 0.25) is 0 Å². The monoisotopic (exact) mass is 251 g/mol. The molecule has 0 heterocycles. The van der Waals surface area contributed by atoms with Crippen LogP contribution in [0.3, 0.4) is 0 Å². The van der Waals surface area contributed by atoms with Crippen molar-refractivity contribution in [1.82, 2.24) is 0 Å². The van der Waals surface area contributed by atoms with E-state index >= 15 is 0 Å². The lowest BCUT2D eigenvalue weighted by Gasteiger charge is -2.15. The summed E-state index contributed by atoms with van der Waals surface area (Å²) in [7, 11) is 1.63. The maximum Gasteiger partial charge on any atom is 0.189 e. The molecule has 1 aliphatic rings. The third-order valence-corrected chi connectivity index (χ3v) is 3.06. The summed E-state index contributed by atoms with van der Waals surface area (Å²) in [6, 6.07) is 5.59. The van der Waals surface area contributed by atoms with Gasteiger partial charge in [0, 0.05) is 17.7 Å². The van der Waals surface area contributed by atoms with Crippen molar-refractivity contribution in [3.05, 3.63) is 23.8 Å². The Hall–Kier alpha value is -1.26. The van der Waals surface area contributed by atoms with E-state index in [2.05, 4.69) is 0 Å². The van der Waals surface area contributed by atoms with Crippen LogP contribution in [0, 0.1) is 5.92 Å². The maximum atomic E-state index is 5.91. The molecule has 0 amide bonds. The molecule has 0 radical (unpaired) electrons. The van der Waals surface area contributed by atoms with Crippen molar-refractivity contribution >= 4 is 0 Å². The Balaban J connectivity index is 1.93. The van der Waals surface area contributed by atoms with Gasteiger partial charge in [0.1, 0.15) is 11.5 Å². The molecule has 18 heavy (non-hydrogen) atoms. The Morgan fingerprint density at radius 1 is 1.39 bits per heavy atom. The van der Waals surface area contributed by atoms with Crippen LogP contribution in [-0.4, -0.2) is 20.5 Å². The molecule has 4 heteroatoms. The molecule has 1 saturated carbocycles. The minimum absolute atomic E-state index is 0.0747. The quantitative estimate of drug-likeness (QED) is 0.597. The van der Waals surface area contributed by atoms with E-state index in [0.717, 1.165) is 29.6 Å². The topological polar surface area (TPSA) is 53.7 Å². The molecule has 1 aliphatic carbocycles. The van der Waals surface area contributed by atoms with Gasteiger partial charge in [-0.25, -0.2) is 0 Å². The van der Waals surface area contributed by atoms with Crippen molar-refractivity contribution in [2.24, 2.45) is 11.7 Å². The minimum Gasteiger partial charge on any atom is -0.497 e. The highest BCUT2D eigenvalue weighted by Crippen LogP contribution is 2.30. The SMILES string of the molecule is COc1ccc([C@@H](C)N)c(OCOCC2CC2)c1. The number of ether oxygens (including phenoxy) is 3. The van der Waals surface area contributed by atoms with Gasteiger partial charge in [-0.3, -0.25) is 0 Å². The van der Waals surface area contributed by atoms with Gasteiger partial charge in [-0.1, -0.05) is 6.07 Å². The first-order chi connectivity index (χ1) is 8.70. The lowest BCUT2D eigenvalue weighted by atomic mass is 10.1. The molecule has 1 aromatic carbocycles. The first kappa shape index (κ1) is 13.2. The number of nitrogens with two attached hydrogens (primary N) is 1. The molecule has 0 aliphatic heterocycles. The van der Waals surface area contributed by atoms with E-state index in [0.29, 0.717) is 0 Å². The fraction of sp³-hybridized carbons (Fsp3) is 0.571. The smallest absolute Gasteiger partial charge is 0.189 e. The van der Waals surface area contributed by atoms with Crippen molar-refractivity contribution < 1.29 is 14.2 Å². The predicted octanol–water partition coefficient (Wildman–Crippen LogP) is 2.48. The number of hydrogen-bond acceptors (Lipinski definition) is 4. The standard InChI is InChI=1S/C14H21NO3/c1-10(15)13-6-5-12(16-2)7-14(13)18-9-17-8-11-3-4-11/h5-7,10-11H,3-4,8-9,15H2,1-2H3/t10-/m1/s1. The molecular weight excluding hydrogens is 230 g/mol. The molecule has 1 atom stereocenters. The van der Waals surface area contributed by atoms with Gasteiger partial charge in [0.05, 0.1) is 13.7 Å². The van der Waals surface area contributed by atoms with Crippen LogP contribution < -0.4 is 15.2 Å². The van der Waals surface area contributed by atoms with Crippen molar-refractivity contribution in [2.45, 2.75) is 25.8 Å². The van der Waals surface area contributed by atoms with Gasteiger partial charge >= 0.3 is 0 Å². The summed E-state index contributed by atoms with van der Waals surface area (Å²) < 4.78 is 16.3. The van der Waals surface area contributed by atoms with Crippen molar-refractivity contribution in [3.63, 3.8) is 0 Å². The number of hydrogen-bond donors (Lipinski definition) is 1. The molecule has 0 bridgehead atoms. The molecule has 2 N–H and O–H groups in total. The zero-order valence-corrected chi connectivity index (χ0v) is 11.0. The van der Waals surface area contributed by atoms with Gasteiger partial charge in [-0.05, 0) is 31.7 Å². The first-order valence-corrected chi connectivity index (χ1v) is 6.34. The highest BCUT2D eigenvalue weighted by atomic mass is 16.7. The zero-order valence-electron chi connectivity index (χ0n) is 11.0. The average Bonchev–Trinajstić information content (AvgIpc) is 3.18. The fourth-order valence-electron chi connectivity index (χ4n) is 1.75. The zero-order chi connectivity index (χ0) is 13.0. The maximum absolute atomic E-state index is 5.91. The van der Waals surface area contributed by atoms with Crippen LogP contribution in [0.5, 0.6) is 11.5 Å². The van der Waals surface area contributed by atoms with Crippen LogP contribution in [-0.2, 0) is 4.74 Å². The van der Waals surface area contributed by atoms with Crippen molar-refractivity contribution in [1.29, 1.82) is 0 Å². The number of benzene rings is 1. The Morgan fingerprint density at radius 2 is 2.17 bits per heavy atom. The second kappa shape index (κ2) is 6.07. The third-order valence-electron chi connectivity index (χ3n) is 3.06. The molecule has 0 unspecified atom stereocenters. The Morgan fingerprint density at radius 3 is 2.78 bits per heavy atom. The van der Waals surface area contributed by atoms with E-state index in [1.807, 2.05) is 25.1 Å². The Labute approximate surface area is 108 Å². The average molecular weight is 251 g/mol. The summed E-state index contributed by atoms with van der Waals surface area (Å²) in [5.41, 5.74) is 6.87. The van der Waals surface area contributed by atoms with E-state index in [4.69, 9.17) is 19.9 Å². The number of rotatable bonds is 7. The summed E-state index contributed by atoms with van der Waals surface area (Å²) in [6.45, 7) is 2.99. The van der Waals surface area contributed by atoms with Crippen molar-refractivity contribution in [3.8, 4) is 11.5 Å². The predicted molar refractivity (Wildman–Crippen MR) is 69.8 cm³/mol. The molecule has 4 nitrogen and oxygen atoms in total. The van der Waals surface area contributed by atoms with Crippen molar-refractivity contribution in [2.75, 3.05) is 20.5 Å². The Bertz CT molecular complexity index is 389. The minimum atomic E-state index is -0.0747. The molecule has 100 valence electrons. The van der Waals surface area contributed by atoms with Crippen LogP contribution in [0.2, 0.25) is 0 Å². The second-order valence-corrected chi connectivity index (χ2v) is 4.77. The molecule has 0 aromatic heterocycles. The molecule has 2 rings (SSSR count). The summed E-state index contributed by atoms with van der Waals surface area (Å²) in [5.74, 6) is 2.24. The van der Waals surface area contributed by atoms with Crippen LogP contribution in [0.25, 0.3) is 0 Å². The highest BCUT2D eigenvalue weighted by molar-refractivity contribution is 5.42. The first-order valence-electron chi connectivity index (χ1n) is 6.34. The summed E-state index contributed by atoms with van der Waals surface area (Å²) in [4.78, 5) is 0. The van der Waals surface area contributed by atoms with Crippen LogP contribution >= 0.6 is 0 Å².